The summed E-state index contributed by atoms with van der Waals surface area (Å²) in [5, 5.41) is 6.19. The van der Waals surface area contributed by atoms with Gasteiger partial charge < -0.3 is 9.88 Å². The van der Waals surface area contributed by atoms with E-state index in [9.17, 15) is 9.59 Å². The molecule has 4 aromatic rings. The Morgan fingerprint density at radius 3 is 2.77 bits per heavy atom. The van der Waals surface area contributed by atoms with Crippen molar-refractivity contribution in [2.24, 2.45) is 5.92 Å². The number of fused-ring (bicyclic) bond motifs is 2. The van der Waals surface area contributed by atoms with Crippen molar-refractivity contribution >= 4 is 38.4 Å². The number of hydrogen-bond donors (Lipinski definition) is 1. The van der Waals surface area contributed by atoms with Crippen molar-refractivity contribution in [3.8, 4) is 0 Å². The van der Waals surface area contributed by atoms with E-state index in [2.05, 4.69) is 28.9 Å². The summed E-state index contributed by atoms with van der Waals surface area (Å²) in [5.41, 5.74) is 1.38. The van der Waals surface area contributed by atoms with Crippen molar-refractivity contribution in [2.75, 3.05) is 6.54 Å². The summed E-state index contributed by atoms with van der Waals surface area (Å²) in [6.07, 6.45) is 0. The highest BCUT2D eigenvalue weighted by Crippen LogP contribution is 2.30. The molecular formula is C22H25N5O2S. The average Bonchev–Trinajstić information content (AvgIpc) is 3.27. The standard InChI is InChI=1S/C22H25N5O2S/c1-5-26(12-19-23-17-9-7-6-8-15(17)20(28)24-19)21(29)18-10-16-14(4)25-27(11-13(2)3)22(16)30-18/h6-10,13H,5,11-12H2,1-4H3,(H,23,24,28). The number of aromatic amines is 1. The molecule has 1 N–H and O–H groups in total. The van der Waals surface area contributed by atoms with Crippen LogP contribution in [0.3, 0.4) is 0 Å². The van der Waals surface area contributed by atoms with Gasteiger partial charge in [0.25, 0.3) is 11.5 Å². The molecule has 0 spiro atoms. The maximum atomic E-state index is 13.2. The number of hydrogen-bond acceptors (Lipinski definition) is 5. The number of thiophene rings is 1. The molecule has 4 rings (SSSR count). The first kappa shape index (κ1) is 20.3. The molecule has 0 fully saturated rings. The maximum absolute atomic E-state index is 13.2. The number of benzene rings is 1. The van der Waals surface area contributed by atoms with Crippen LogP contribution in [0.4, 0.5) is 0 Å². The van der Waals surface area contributed by atoms with Crippen molar-refractivity contribution in [3.05, 3.63) is 57.1 Å². The first-order valence-electron chi connectivity index (χ1n) is 10.1. The molecule has 0 aliphatic rings. The van der Waals surface area contributed by atoms with Crippen LogP contribution in [0.2, 0.25) is 0 Å². The van der Waals surface area contributed by atoms with Gasteiger partial charge in [-0.2, -0.15) is 5.10 Å². The average molecular weight is 424 g/mol. The van der Waals surface area contributed by atoms with Crippen molar-refractivity contribution in [2.45, 2.75) is 40.8 Å². The molecule has 0 bridgehead atoms. The van der Waals surface area contributed by atoms with E-state index in [0.717, 1.165) is 22.5 Å². The van der Waals surface area contributed by atoms with E-state index in [1.54, 1.807) is 17.0 Å². The summed E-state index contributed by atoms with van der Waals surface area (Å²) in [6, 6.07) is 9.14. The Balaban J connectivity index is 1.64. The summed E-state index contributed by atoms with van der Waals surface area (Å²) < 4.78 is 2.00. The fourth-order valence-electron chi connectivity index (χ4n) is 3.56. The lowest BCUT2D eigenvalue weighted by atomic mass is 10.2. The second-order valence-electron chi connectivity index (χ2n) is 7.84. The van der Waals surface area contributed by atoms with E-state index in [1.807, 2.05) is 36.7 Å². The maximum Gasteiger partial charge on any atom is 0.264 e. The molecule has 0 saturated carbocycles. The largest absolute Gasteiger partial charge is 0.331 e. The molecule has 3 heterocycles. The van der Waals surface area contributed by atoms with Gasteiger partial charge in [-0.1, -0.05) is 26.0 Å². The second kappa shape index (κ2) is 8.02. The van der Waals surface area contributed by atoms with Gasteiger partial charge in [0, 0.05) is 18.5 Å². The first-order chi connectivity index (χ1) is 14.4. The smallest absolute Gasteiger partial charge is 0.264 e. The number of carbonyl (C=O) groups is 1. The van der Waals surface area contributed by atoms with Gasteiger partial charge in [0.1, 0.15) is 10.7 Å². The highest BCUT2D eigenvalue weighted by molar-refractivity contribution is 7.20. The van der Waals surface area contributed by atoms with Crippen LogP contribution < -0.4 is 5.56 Å². The molecule has 0 saturated heterocycles. The van der Waals surface area contributed by atoms with Gasteiger partial charge in [-0.25, -0.2) is 4.98 Å². The zero-order valence-electron chi connectivity index (χ0n) is 17.6. The molecule has 30 heavy (non-hydrogen) atoms. The molecule has 1 amide bonds. The van der Waals surface area contributed by atoms with Crippen LogP contribution in [0.5, 0.6) is 0 Å². The molecule has 8 heteroatoms. The molecule has 7 nitrogen and oxygen atoms in total. The molecule has 0 unspecified atom stereocenters. The Morgan fingerprint density at radius 1 is 1.27 bits per heavy atom. The third-order valence-corrected chi connectivity index (χ3v) is 6.16. The van der Waals surface area contributed by atoms with E-state index in [4.69, 9.17) is 0 Å². The zero-order chi connectivity index (χ0) is 21.4. The highest BCUT2D eigenvalue weighted by atomic mass is 32.1. The van der Waals surface area contributed by atoms with E-state index in [0.29, 0.717) is 34.1 Å². The summed E-state index contributed by atoms with van der Waals surface area (Å²) >= 11 is 1.47. The summed E-state index contributed by atoms with van der Waals surface area (Å²) in [4.78, 5) is 36.3. The Labute approximate surface area is 178 Å². The van der Waals surface area contributed by atoms with Crippen molar-refractivity contribution in [1.82, 2.24) is 24.6 Å². The number of carbonyl (C=O) groups excluding carboxylic acids is 1. The molecule has 0 aliphatic carbocycles. The van der Waals surface area contributed by atoms with Crippen LogP contribution in [0, 0.1) is 12.8 Å². The number of H-pyrrole nitrogens is 1. The second-order valence-corrected chi connectivity index (χ2v) is 8.87. The van der Waals surface area contributed by atoms with Crippen LogP contribution in [0.25, 0.3) is 21.1 Å². The topological polar surface area (TPSA) is 83.9 Å². The SMILES string of the molecule is CCN(Cc1nc2ccccc2c(=O)[nH]1)C(=O)c1cc2c(C)nn(CC(C)C)c2s1. The third kappa shape index (κ3) is 3.75. The molecule has 0 radical (unpaired) electrons. The van der Waals surface area contributed by atoms with Crippen molar-refractivity contribution in [1.29, 1.82) is 0 Å². The Bertz CT molecular complexity index is 1280. The van der Waals surface area contributed by atoms with Crippen molar-refractivity contribution in [3.63, 3.8) is 0 Å². The number of rotatable bonds is 6. The van der Waals surface area contributed by atoms with Gasteiger partial charge in [-0.3, -0.25) is 14.3 Å². The zero-order valence-corrected chi connectivity index (χ0v) is 18.4. The van der Waals surface area contributed by atoms with Gasteiger partial charge in [0.05, 0.1) is 28.0 Å². The summed E-state index contributed by atoms with van der Waals surface area (Å²) in [5.74, 6) is 0.888. The normalized spacial score (nSPS) is 11.6. The Kier molecular flexibility index (Phi) is 5.42. The lowest BCUT2D eigenvalue weighted by Crippen LogP contribution is -2.31. The molecular weight excluding hydrogens is 398 g/mol. The number of aryl methyl sites for hydroxylation is 1. The van der Waals surface area contributed by atoms with Crippen molar-refractivity contribution < 1.29 is 4.79 Å². The monoisotopic (exact) mass is 423 g/mol. The van der Waals surface area contributed by atoms with Crippen LogP contribution in [-0.4, -0.2) is 37.1 Å². The quantitative estimate of drug-likeness (QED) is 0.509. The summed E-state index contributed by atoms with van der Waals surface area (Å²) in [7, 11) is 0. The summed E-state index contributed by atoms with van der Waals surface area (Å²) in [6.45, 7) is 9.79. The number of nitrogens with one attached hydrogen (secondary N) is 1. The van der Waals surface area contributed by atoms with Crippen LogP contribution >= 0.6 is 11.3 Å². The fraction of sp³-hybridized carbons (Fsp3) is 0.364. The molecule has 0 aliphatic heterocycles. The van der Waals surface area contributed by atoms with E-state index < -0.39 is 0 Å². The Hall–Kier alpha value is -3.00. The highest BCUT2D eigenvalue weighted by Gasteiger charge is 2.21. The van der Waals surface area contributed by atoms with Crippen LogP contribution in [0.1, 0.15) is 42.0 Å². The van der Waals surface area contributed by atoms with E-state index in [1.165, 1.54) is 11.3 Å². The Morgan fingerprint density at radius 2 is 2.03 bits per heavy atom. The van der Waals surface area contributed by atoms with Gasteiger partial charge in [0.2, 0.25) is 0 Å². The molecule has 0 atom stereocenters. The lowest BCUT2D eigenvalue weighted by Gasteiger charge is -2.19. The number of aromatic nitrogens is 4. The fourth-order valence-corrected chi connectivity index (χ4v) is 4.70. The predicted octanol–water partition coefficient (Wildman–Crippen LogP) is 3.96. The van der Waals surface area contributed by atoms with Gasteiger partial charge in [-0.15, -0.1) is 11.3 Å². The minimum atomic E-state index is -0.189. The molecule has 3 aromatic heterocycles. The van der Waals surface area contributed by atoms with Gasteiger partial charge in [-0.05, 0) is 38.0 Å². The molecule has 156 valence electrons. The van der Waals surface area contributed by atoms with Crippen LogP contribution in [-0.2, 0) is 13.1 Å². The minimum Gasteiger partial charge on any atom is -0.331 e. The number of nitrogens with zero attached hydrogens (tertiary/aromatic N) is 4. The lowest BCUT2D eigenvalue weighted by molar-refractivity contribution is 0.0753. The van der Waals surface area contributed by atoms with Gasteiger partial charge in [0.15, 0.2) is 0 Å². The van der Waals surface area contributed by atoms with Crippen LogP contribution in [0.15, 0.2) is 35.1 Å². The number of amides is 1. The first-order valence-corrected chi connectivity index (χ1v) is 10.9. The number of para-hydroxylation sites is 1. The van der Waals surface area contributed by atoms with E-state index >= 15 is 0 Å². The predicted molar refractivity (Wildman–Crippen MR) is 120 cm³/mol. The minimum absolute atomic E-state index is 0.0648. The van der Waals surface area contributed by atoms with E-state index in [-0.39, 0.29) is 18.0 Å². The van der Waals surface area contributed by atoms with Gasteiger partial charge >= 0.3 is 0 Å². The third-order valence-electron chi connectivity index (χ3n) is 5.03. The molecule has 1 aromatic carbocycles.